The lowest BCUT2D eigenvalue weighted by molar-refractivity contribution is -0.148. The van der Waals surface area contributed by atoms with Crippen molar-refractivity contribution < 1.29 is 24.5 Å². The largest absolute Gasteiger partial charge is 0.458 e. The van der Waals surface area contributed by atoms with Crippen molar-refractivity contribution in [3.63, 3.8) is 0 Å². The van der Waals surface area contributed by atoms with Gasteiger partial charge in [-0.05, 0) is 76.7 Å². The first kappa shape index (κ1) is 53.6. The smallest absolute Gasteiger partial charge is 0.306 e. The lowest BCUT2D eigenvalue weighted by atomic mass is 10.0. The molecule has 324 valence electrons. The van der Waals surface area contributed by atoms with Crippen LogP contribution in [0.4, 0.5) is 0 Å². The fourth-order valence-corrected chi connectivity index (χ4v) is 6.69. The Kier molecular flexibility index (Phi) is 41.8. The van der Waals surface area contributed by atoms with Gasteiger partial charge in [-0.15, -0.1) is 0 Å². The third kappa shape index (κ3) is 38.4. The minimum Gasteiger partial charge on any atom is -0.458 e. The molecule has 0 spiro atoms. The summed E-state index contributed by atoms with van der Waals surface area (Å²) in [5.74, 6) is -0.632. The maximum Gasteiger partial charge on any atom is 0.306 e. The summed E-state index contributed by atoms with van der Waals surface area (Å²) in [4.78, 5) is 25.9. The zero-order chi connectivity index (χ0) is 41.0. The van der Waals surface area contributed by atoms with Crippen molar-refractivity contribution in [1.82, 2.24) is 5.32 Å². The van der Waals surface area contributed by atoms with Gasteiger partial charge in [0.25, 0.3) is 0 Å². The molecule has 56 heavy (non-hydrogen) atoms. The Labute approximate surface area is 346 Å². The molecule has 0 aliphatic rings. The molecule has 0 heterocycles. The number of hydrogen-bond acceptors (Lipinski definition) is 5. The van der Waals surface area contributed by atoms with E-state index in [1.54, 1.807) is 0 Å². The number of amides is 1. The first-order chi connectivity index (χ1) is 27.5. The summed E-state index contributed by atoms with van der Waals surface area (Å²) in [6, 6.07) is -0.736. The van der Waals surface area contributed by atoms with Gasteiger partial charge in [-0.3, -0.25) is 9.59 Å². The quantitative estimate of drug-likeness (QED) is 0.0326. The predicted molar refractivity (Wildman–Crippen MR) is 241 cm³/mol. The zero-order valence-corrected chi connectivity index (χ0v) is 36.8. The lowest BCUT2D eigenvalue weighted by Gasteiger charge is -2.23. The van der Waals surface area contributed by atoms with Crippen LogP contribution in [-0.2, 0) is 14.3 Å². The van der Waals surface area contributed by atoms with Gasteiger partial charge in [-0.1, -0.05) is 191 Å². The summed E-state index contributed by atoms with van der Waals surface area (Å²) >= 11 is 0. The number of nitrogens with one attached hydrogen (secondary N) is 1. The second-order valence-electron chi connectivity index (χ2n) is 15.8. The molecule has 0 rings (SSSR count). The molecular weight excluding hydrogens is 695 g/mol. The highest BCUT2D eigenvalue weighted by atomic mass is 16.5. The van der Waals surface area contributed by atoms with Crippen molar-refractivity contribution in [3.8, 4) is 0 Å². The van der Waals surface area contributed by atoms with Crippen LogP contribution in [0.2, 0.25) is 0 Å². The normalized spacial score (nSPS) is 13.9. The second-order valence-corrected chi connectivity index (χ2v) is 15.8. The number of allylic oxidation sites excluding steroid dienone is 9. The molecular formula is C50H89NO5. The number of aliphatic hydroxyl groups excluding tert-OH is 2. The molecule has 3 atom stereocenters. The number of unbranched alkanes of at least 4 members (excludes halogenated alkanes) is 21. The van der Waals surface area contributed by atoms with E-state index in [0.29, 0.717) is 19.3 Å². The number of esters is 1. The van der Waals surface area contributed by atoms with E-state index in [-0.39, 0.29) is 24.9 Å². The first-order valence-electron chi connectivity index (χ1n) is 23.5. The fraction of sp³-hybridized carbons (Fsp3) is 0.760. The van der Waals surface area contributed by atoms with Crippen LogP contribution in [0.15, 0.2) is 60.8 Å². The van der Waals surface area contributed by atoms with E-state index in [1.165, 1.54) is 103 Å². The van der Waals surface area contributed by atoms with Gasteiger partial charge < -0.3 is 20.3 Å². The van der Waals surface area contributed by atoms with Gasteiger partial charge in [0, 0.05) is 6.42 Å². The SMILES string of the molecule is CCCCC/C=C\C/C=C\C/C=C\CCCCCCC(=O)OC(/C=C/C/C=C\CCCCCCCC)CC(=O)NC(CO)C(O)CCCCCCCCCCC. The summed E-state index contributed by atoms with van der Waals surface area (Å²) in [6.45, 7) is 6.37. The van der Waals surface area contributed by atoms with E-state index in [0.717, 1.165) is 70.6 Å². The van der Waals surface area contributed by atoms with Gasteiger partial charge in [-0.25, -0.2) is 0 Å². The first-order valence-corrected chi connectivity index (χ1v) is 23.5. The van der Waals surface area contributed by atoms with Crippen LogP contribution in [0.5, 0.6) is 0 Å². The molecule has 0 radical (unpaired) electrons. The van der Waals surface area contributed by atoms with E-state index in [1.807, 2.05) is 12.2 Å². The second kappa shape index (κ2) is 43.7. The molecule has 3 N–H and O–H groups in total. The van der Waals surface area contributed by atoms with Crippen LogP contribution in [0, 0.1) is 0 Å². The van der Waals surface area contributed by atoms with Crippen molar-refractivity contribution >= 4 is 11.9 Å². The topological polar surface area (TPSA) is 95.9 Å². The Balaban J connectivity index is 4.68. The molecule has 6 nitrogen and oxygen atoms in total. The molecule has 0 aliphatic carbocycles. The Morgan fingerprint density at radius 1 is 0.536 bits per heavy atom. The van der Waals surface area contributed by atoms with Crippen molar-refractivity contribution in [2.24, 2.45) is 0 Å². The number of carbonyl (C=O) groups excluding carboxylic acids is 2. The molecule has 0 fully saturated rings. The minimum absolute atomic E-state index is 0.0394. The highest BCUT2D eigenvalue weighted by Crippen LogP contribution is 2.14. The van der Waals surface area contributed by atoms with E-state index in [9.17, 15) is 19.8 Å². The Morgan fingerprint density at radius 3 is 1.46 bits per heavy atom. The number of rotatable bonds is 41. The van der Waals surface area contributed by atoms with Crippen molar-refractivity contribution in [2.75, 3.05) is 6.61 Å². The van der Waals surface area contributed by atoms with Gasteiger partial charge in [0.05, 0.1) is 25.2 Å². The summed E-state index contributed by atoms with van der Waals surface area (Å²) in [5.41, 5.74) is 0. The van der Waals surface area contributed by atoms with Crippen LogP contribution in [0.1, 0.15) is 220 Å². The monoisotopic (exact) mass is 784 g/mol. The summed E-state index contributed by atoms with van der Waals surface area (Å²) in [7, 11) is 0. The van der Waals surface area contributed by atoms with Crippen LogP contribution >= 0.6 is 0 Å². The average molecular weight is 784 g/mol. The molecule has 0 saturated carbocycles. The Hall–Kier alpha value is -2.44. The summed E-state index contributed by atoms with van der Waals surface area (Å²) < 4.78 is 5.79. The van der Waals surface area contributed by atoms with Crippen LogP contribution in [-0.4, -0.2) is 46.9 Å². The molecule has 0 aromatic heterocycles. The third-order valence-corrected chi connectivity index (χ3v) is 10.3. The van der Waals surface area contributed by atoms with Crippen molar-refractivity contribution in [1.29, 1.82) is 0 Å². The maximum atomic E-state index is 13.1. The van der Waals surface area contributed by atoms with Gasteiger partial charge >= 0.3 is 5.97 Å². The maximum absolute atomic E-state index is 13.1. The Morgan fingerprint density at radius 2 is 0.946 bits per heavy atom. The van der Waals surface area contributed by atoms with Crippen LogP contribution in [0.25, 0.3) is 0 Å². The molecule has 6 heteroatoms. The summed E-state index contributed by atoms with van der Waals surface area (Å²) in [6.07, 6.45) is 53.1. The fourth-order valence-electron chi connectivity index (χ4n) is 6.69. The molecule has 0 aliphatic heterocycles. The number of carbonyl (C=O) groups is 2. The number of hydrogen-bond donors (Lipinski definition) is 3. The van der Waals surface area contributed by atoms with Crippen LogP contribution < -0.4 is 5.32 Å². The highest BCUT2D eigenvalue weighted by Gasteiger charge is 2.23. The Bertz CT molecular complexity index is 1010. The van der Waals surface area contributed by atoms with Gasteiger partial charge in [0.2, 0.25) is 5.91 Å². The highest BCUT2D eigenvalue weighted by molar-refractivity contribution is 5.78. The van der Waals surface area contributed by atoms with E-state index in [2.05, 4.69) is 74.7 Å². The molecule has 0 aromatic carbocycles. The van der Waals surface area contributed by atoms with Crippen molar-refractivity contribution in [2.45, 2.75) is 238 Å². The lowest BCUT2D eigenvalue weighted by Crippen LogP contribution is -2.46. The molecule has 1 amide bonds. The number of aliphatic hydroxyl groups is 2. The van der Waals surface area contributed by atoms with E-state index < -0.39 is 18.2 Å². The van der Waals surface area contributed by atoms with E-state index in [4.69, 9.17) is 4.74 Å². The standard InChI is InChI=1S/C50H89NO5/c1-4-7-10-13-16-19-21-22-23-24-25-26-28-31-34-37-40-43-50(55)56-46(41-38-35-32-30-27-20-17-14-11-8-5-2)44-49(54)51-47(45-52)48(53)42-39-36-33-29-18-15-12-9-6-3/h16,19,22-23,25-26,30,32,38,41,46-48,52-53H,4-15,17-18,20-21,24,27-29,31,33-37,39-40,42-45H2,1-3H3,(H,51,54)/b19-16-,23-22-,26-25-,32-30-,41-38+. The van der Waals surface area contributed by atoms with Gasteiger partial charge in [0.15, 0.2) is 0 Å². The molecule has 0 saturated heterocycles. The molecule has 0 aromatic rings. The molecule has 0 bridgehead atoms. The predicted octanol–water partition coefficient (Wildman–Crippen LogP) is 13.7. The molecule has 3 unspecified atom stereocenters. The van der Waals surface area contributed by atoms with Crippen molar-refractivity contribution in [3.05, 3.63) is 60.8 Å². The van der Waals surface area contributed by atoms with Crippen LogP contribution in [0.3, 0.4) is 0 Å². The average Bonchev–Trinajstić information content (AvgIpc) is 3.19. The summed E-state index contributed by atoms with van der Waals surface area (Å²) in [5, 5.41) is 23.5. The van der Waals surface area contributed by atoms with E-state index >= 15 is 0 Å². The zero-order valence-electron chi connectivity index (χ0n) is 36.8. The number of ether oxygens (including phenoxy) is 1. The van der Waals surface area contributed by atoms with Gasteiger partial charge in [-0.2, -0.15) is 0 Å². The third-order valence-electron chi connectivity index (χ3n) is 10.3. The minimum atomic E-state index is -0.813. The van der Waals surface area contributed by atoms with Gasteiger partial charge in [0.1, 0.15) is 6.10 Å².